The van der Waals surface area contributed by atoms with Gasteiger partial charge in [0.25, 0.3) is 5.09 Å². The van der Waals surface area contributed by atoms with Crippen LogP contribution in [0.3, 0.4) is 0 Å². The first-order valence-electron chi connectivity index (χ1n) is 6.34. The summed E-state index contributed by atoms with van der Waals surface area (Å²) in [5, 5.41) is 18.1. The fraction of sp³-hybridized carbons (Fsp3) is 0.308. The predicted octanol–water partition coefficient (Wildman–Crippen LogP) is 1.37. The molecule has 2 aromatic rings. The Morgan fingerprint density at radius 2 is 2.29 bits per heavy atom. The van der Waals surface area contributed by atoms with Crippen LogP contribution in [0.15, 0.2) is 29.4 Å². The summed E-state index contributed by atoms with van der Waals surface area (Å²) in [7, 11) is 1.69. The van der Waals surface area contributed by atoms with E-state index in [1.807, 2.05) is 18.3 Å². The van der Waals surface area contributed by atoms with Crippen molar-refractivity contribution in [3.05, 3.63) is 40.1 Å². The van der Waals surface area contributed by atoms with Gasteiger partial charge in [0.1, 0.15) is 11.6 Å². The van der Waals surface area contributed by atoms with E-state index < -0.39 is 5.09 Å². The average Bonchev–Trinajstić information content (AvgIpc) is 3.08. The molecule has 1 aromatic heterocycles. The van der Waals surface area contributed by atoms with Gasteiger partial charge in [0.2, 0.25) is 0 Å². The van der Waals surface area contributed by atoms with Crippen molar-refractivity contribution in [3.8, 4) is 5.75 Å². The normalized spacial score (nSPS) is 13.1. The van der Waals surface area contributed by atoms with Crippen molar-refractivity contribution in [1.29, 1.82) is 0 Å². The number of H-pyrrole nitrogens is 1. The Labute approximate surface area is 120 Å². The van der Waals surface area contributed by atoms with Gasteiger partial charge >= 0.3 is 0 Å². The molecule has 1 aliphatic rings. The van der Waals surface area contributed by atoms with Crippen molar-refractivity contribution >= 4 is 16.7 Å². The molecule has 0 aliphatic carbocycles. The molecule has 0 saturated carbocycles. The number of methoxy groups -OCH3 is 1. The quantitative estimate of drug-likeness (QED) is 0.584. The third kappa shape index (κ3) is 3.85. The summed E-state index contributed by atoms with van der Waals surface area (Å²) in [6.07, 6.45) is 2.90. The van der Waals surface area contributed by atoms with E-state index in [1.54, 1.807) is 7.11 Å². The highest BCUT2D eigenvalue weighted by atomic mass is 16.9. The number of fused-ring (bicyclic) bond motifs is 1. The molecule has 1 aliphatic heterocycles. The van der Waals surface area contributed by atoms with Crippen molar-refractivity contribution in [2.75, 3.05) is 20.2 Å². The van der Waals surface area contributed by atoms with Crippen LogP contribution in [0.5, 0.6) is 5.75 Å². The lowest BCUT2D eigenvalue weighted by Crippen LogP contribution is -2.20. The number of hydrogen-bond acceptors (Lipinski definition) is 5. The van der Waals surface area contributed by atoms with Crippen LogP contribution in [0.25, 0.3) is 10.9 Å². The van der Waals surface area contributed by atoms with Crippen LogP contribution in [0.4, 0.5) is 0 Å². The lowest BCUT2D eigenvalue weighted by atomic mass is 10.1. The van der Waals surface area contributed by atoms with Gasteiger partial charge in [0.15, 0.2) is 0 Å². The number of benzene rings is 1. The van der Waals surface area contributed by atoms with E-state index in [0.717, 1.165) is 36.6 Å². The van der Waals surface area contributed by atoms with Gasteiger partial charge < -0.3 is 20.2 Å². The largest absolute Gasteiger partial charge is 0.497 e. The highest BCUT2D eigenvalue weighted by molar-refractivity contribution is 5.92. The molecule has 0 fully saturated rings. The van der Waals surface area contributed by atoms with Gasteiger partial charge in [-0.1, -0.05) is 0 Å². The van der Waals surface area contributed by atoms with Crippen molar-refractivity contribution in [1.82, 2.24) is 10.3 Å². The molecular formula is C13H16N4O4. The topological polar surface area (TPSA) is 113 Å². The van der Waals surface area contributed by atoms with Crippen molar-refractivity contribution in [2.24, 2.45) is 4.99 Å². The van der Waals surface area contributed by atoms with Gasteiger partial charge in [-0.25, -0.2) is 0 Å². The minimum Gasteiger partial charge on any atom is -0.497 e. The Balaban J connectivity index is 0.000000361. The number of nitrogens with one attached hydrogen (secondary N) is 2. The molecule has 0 amide bonds. The van der Waals surface area contributed by atoms with Gasteiger partial charge in [-0.15, -0.1) is 10.1 Å². The maximum atomic E-state index is 8.36. The van der Waals surface area contributed by atoms with Gasteiger partial charge in [0.05, 0.1) is 13.7 Å². The third-order valence-corrected chi connectivity index (χ3v) is 3.08. The van der Waals surface area contributed by atoms with Crippen LogP contribution in [-0.4, -0.2) is 41.3 Å². The minimum absolute atomic E-state index is 0.854. The number of aromatic nitrogens is 1. The maximum absolute atomic E-state index is 8.36. The number of hydrogen-bond donors (Lipinski definition) is 3. The highest BCUT2D eigenvalue weighted by Gasteiger charge is 2.10. The van der Waals surface area contributed by atoms with E-state index in [9.17, 15) is 0 Å². The fourth-order valence-corrected chi connectivity index (χ4v) is 2.18. The molecule has 0 saturated heterocycles. The van der Waals surface area contributed by atoms with Crippen LogP contribution in [0.1, 0.15) is 5.56 Å². The fourth-order valence-electron chi connectivity index (χ4n) is 2.18. The van der Waals surface area contributed by atoms with E-state index in [1.165, 1.54) is 10.9 Å². The molecular weight excluding hydrogens is 276 g/mol. The van der Waals surface area contributed by atoms with Crippen molar-refractivity contribution in [2.45, 2.75) is 6.42 Å². The molecule has 8 heteroatoms. The number of ether oxygens (including phenoxy) is 1. The third-order valence-electron chi connectivity index (χ3n) is 3.08. The maximum Gasteiger partial charge on any atom is 0.291 e. The van der Waals surface area contributed by atoms with Crippen molar-refractivity contribution < 1.29 is 15.0 Å². The molecule has 0 unspecified atom stereocenters. The second-order valence-electron chi connectivity index (χ2n) is 4.40. The zero-order chi connectivity index (χ0) is 15.2. The van der Waals surface area contributed by atoms with E-state index in [2.05, 4.69) is 21.4 Å². The second-order valence-corrected chi connectivity index (χ2v) is 4.40. The summed E-state index contributed by atoms with van der Waals surface area (Å²) in [4.78, 5) is 16.1. The predicted molar refractivity (Wildman–Crippen MR) is 77.6 cm³/mol. The zero-order valence-electron chi connectivity index (χ0n) is 11.5. The standard InChI is InChI=1S/C13H15N3O.HNO3/c1-17-10-2-3-12-11(7-10)9(8-16-12)6-13-14-4-5-15-13;2-1(3)4/h2-3,7-8,16H,4-6H2,1H3,(H,14,15);(H,2,3,4). The molecule has 21 heavy (non-hydrogen) atoms. The Morgan fingerprint density at radius 3 is 2.90 bits per heavy atom. The number of amidine groups is 1. The summed E-state index contributed by atoms with van der Waals surface area (Å²) in [6.45, 7) is 1.85. The molecule has 1 aromatic carbocycles. The SMILES string of the molecule is COc1ccc2[nH]cc(CC3=NCCN3)c2c1.O=[N+]([O-])O. The molecule has 0 atom stereocenters. The van der Waals surface area contributed by atoms with Crippen LogP contribution in [-0.2, 0) is 6.42 Å². The lowest BCUT2D eigenvalue weighted by Gasteiger charge is -2.03. The van der Waals surface area contributed by atoms with E-state index in [0.29, 0.717) is 0 Å². The summed E-state index contributed by atoms with van der Waals surface area (Å²) < 4.78 is 5.26. The minimum atomic E-state index is -1.50. The molecule has 0 spiro atoms. The molecule has 3 N–H and O–H groups in total. The van der Waals surface area contributed by atoms with E-state index in [4.69, 9.17) is 20.1 Å². The Bertz CT molecular complexity index is 661. The molecule has 2 heterocycles. The Hall–Kier alpha value is -2.77. The number of aliphatic imine (C=N–C) groups is 1. The zero-order valence-corrected chi connectivity index (χ0v) is 11.5. The first-order chi connectivity index (χ1) is 10.1. The monoisotopic (exact) mass is 292 g/mol. The molecule has 0 radical (unpaired) electrons. The summed E-state index contributed by atoms with van der Waals surface area (Å²) >= 11 is 0. The van der Waals surface area contributed by atoms with Crippen LogP contribution in [0.2, 0.25) is 0 Å². The summed E-state index contributed by atoms with van der Waals surface area (Å²) in [6, 6.07) is 6.08. The highest BCUT2D eigenvalue weighted by Crippen LogP contribution is 2.24. The van der Waals surface area contributed by atoms with Gasteiger partial charge in [0, 0.05) is 30.1 Å². The van der Waals surface area contributed by atoms with Crippen molar-refractivity contribution in [3.63, 3.8) is 0 Å². The first-order valence-corrected chi connectivity index (χ1v) is 6.34. The number of aromatic amines is 1. The first kappa shape index (κ1) is 14.6. The average molecular weight is 292 g/mol. The smallest absolute Gasteiger partial charge is 0.291 e. The number of nitrogens with zero attached hydrogens (tertiary/aromatic N) is 2. The Kier molecular flexibility index (Phi) is 4.60. The summed E-state index contributed by atoms with van der Waals surface area (Å²) in [5.41, 5.74) is 2.39. The lowest BCUT2D eigenvalue weighted by molar-refractivity contribution is -0.742. The molecule has 0 bridgehead atoms. The molecule has 112 valence electrons. The van der Waals surface area contributed by atoms with Crippen LogP contribution in [0, 0.1) is 10.1 Å². The van der Waals surface area contributed by atoms with E-state index >= 15 is 0 Å². The van der Waals surface area contributed by atoms with E-state index in [-0.39, 0.29) is 0 Å². The Morgan fingerprint density at radius 1 is 1.52 bits per heavy atom. The number of rotatable bonds is 3. The van der Waals surface area contributed by atoms with Gasteiger partial charge in [-0.05, 0) is 23.8 Å². The molecule has 8 nitrogen and oxygen atoms in total. The van der Waals surface area contributed by atoms with Gasteiger partial charge in [-0.3, -0.25) is 4.99 Å². The van der Waals surface area contributed by atoms with Crippen LogP contribution < -0.4 is 10.1 Å². The van der Waals surface area contributed by atoms with Gasteiger partial charge in [-0.2, -0.15) is 0 Å². The second kappa shape index (κ2) is 6.60. The summed E-state index contributed by atoms with van der Waals surface area (Å²) in [5.74, 6) is 1.97. The molecule has 3 rings (SSSR count). The van der Waals surface area contributed by atoms with Crippen LogP contribution >= 0.6 is 0 Å².